The molecule has 1 saturated carbocycles. The molecule has 0 bridgehead atoms. The zero-order chi connectivity index (χ0) is 17.6. The van der Waals surface area contributed by atoms with Gasteiger partial charge in [0.25, 0.3) is 0 Å². The molecular weight excluding hydrogens is 320 g/mol. The number of urea groups is 1. The van der Waals surface area contributed by atoms with Crippen LogP contribution in [0.3, 0.4) is 0 Å². The monoisotopic (exact) mass is 348 g/mol. The maximum Gasteiger partial charge on any atom is 0.318 e. The average molecular weight is 348 g/mol. The number of carbonyl (C=O) groups is 1. The van der Waals surface area contributed by atoms with Crippen molar-refractivity contribution >= 4 is 6.03 Å². The minimum atomic E-state index is -0.239. The fourth-order valence-electron chi connectivity index (χ4n) is 3.59. The molecule has 2 fully saturated rings. The van der Waals surface area contributed by atoms with Crippen LogP contribution in [-0.2, 0) is 11.3 Å². The first-order valence-corrected chi connectivity index (χ1v) is 9.24. The van der Waals surface area contributed by atoms with Gasteiger partial charge in [0, 0.05) is 24.8 Å². The van der Waals surface area contributed by atoms with Crippen molar-refractivity contribution in [1.82, 2.24) is 10.2 Å². The van der Waals surface area contributed by atoms with Crippen LogP contribution < -0.4 is 5.32 Å². The Morgan fingerprint density at radius 2 is 1.96 bits per heavy atom. The van der Waals surface area contributed by atoms with Crippen molar-refractivity contribution in [3.05, 3.63) is 29.8 Å². The van der Waals surface area contributed by atoms with Gasteiger partial charge in [-0.15, -0.1) is 0 Å². The molecule has 1 saturated heterocycles. The molecule has 6 nitrogen and oxygen atoms in total. The molecule has 138 valence electrons. The van der Waals surface area contributed by atoms with E-state index in [1.807, 2.05) is 12.1 Å². The molecular formula is C19H28N2O4. The van der Waals surface area contributed by atoms with E-state index in [2.05, 4.69) is 5.32 Å². The van der Waals surface area contributed by atoms with Gasteiger partial charge >= 0.3 is 6.03 Å². The lowest BCUT2D eigenvalue weighted by Crippen LogP contribution is -2.48. The standard InChI is InChI=1S/C19H28N2O4/c22-16-9-7-15(8-10-16)20-19(24)21(13-17-5-3-11-25-17)12-14-4-1-2-6-18(14)23/h1-2,4,6,15-17,22-23H,3,5,7-13H2,(H,20,24)/t15?,16?,17-/m1/s1. The van der Waals surface area contributed by atoms with E-state index in [9.17, 15) is 15.0 Å². The maximum absolute atomic E-state index is 12.8. The lowest BCUT2D eigenvalue weighted by molar-refractivity contribution is 0.0767. The highest BCUT2D eigenvalue weighted by Crippen LogP contribution is 2.22. The predicted molar refractivity (Wildman–Crippen MR) is 94.3 cm³/mol. The zero-order valence-corrected chi connectivity index (χ0v) is 14.6. The van der Waals surface area contributed by atoms with Crippen molar-refractivity contribution in [3.8, 4) is 5.75 Å². The number of nitrogens with zero attached hydrogens (tertiary/aromatic N) is 1. The van der Waals surface area contributed by atoms with E-state index in [4.69, 9.17) is 4.74 Å². The smallest absolute Gasteiger partial charge is 0.318 e. The van der Waals surface area contributed by atoms with Gasteiger partial charge in [0.2, 0.25) is 0 Å². The molecule has 3 rings (SSSR count). The number of aliphatic hydroxyl groups excluding tert-OH is 1. The molecule has 25 heavy (non-hydrogen) atoms. The second-order valence-electron chi connectivity index (χ2n) is 7.10. The van der Waals surface area contributed by atoms with Gasteiger partial charge in [-0.25, -0.2) is 4.79 Å². The molecule has 0 aromatic heterocycles. The van der Waals surface area contributed by atoms with Crippen LogP contribution in [0.15, 0.2) is 24.3 Å². The number of hydrogen-bond donors (Lipinski definition) is 3. The third kappa shape index (κ3) is 5.09. The number of phenolic OH excluding ortho intramolecular Hbond substituents is 1. The van der Waals surface area contributed by atoms with E-state index < -0.39 is 0 Å². The van der Waals surface area contributed by atoms with Gasteiger partial charge in [0.1, 0.15) is 5.75 Å². The first kappa shape index (κ1) is 18.0. The highest BCUT2D eigenvalue weighted by molar-refractivity contribution is 5.74. The van der Waals surface area contributed by atoms with E-state index in [0.717, 1.165) is 50.7 Å². The van der Waals surface area contributed by atoms with Crippen molar-refractivity contribution in [3.63, 3.8) is 0 Å². The van der Waals surface area contributed by atoms with Gasteiger partial charge in [-0.3, -0.25) is 0 Å². The molecule has 3 N–H and O–H groups in total. The molecule has 1 aromatic rings. The van der Waals surface area contributed by atoms with Crippen LogP contribution in [0.2, 0.25) is 0 Å². The van der Waals surface area contributed by atoms with Crippen molar-refractivity contribution in [2.45, 2.75) is 63.3 Å². The Bertz CT molecular complexity index is 566. The number of ether oxygens (including phenoxy) is 1. The average Bonchev–Trinajstić information content (AvgIpc) is 3.11. The molecule has 1 heterocycles. The fraction of sp³-hybridized carbons (Fsp3) is 0.632. The van der Waals surface area contributed by atoms with Crippen LogP contribution in [0.5, 0.6) is 5.75 Å². The summed E-state index contributed by atoms with van der Waals surface area (Å²) in [5, 5.41) is 22.7. The first-order valence-electron chi connectivity index (χ1n) is 9.24. The van der Waals surface area contributed by atoms with Gasteiger partial charge in [-0.2, -0.15) is 0 Å². The number of benzene rings is 1. The molecule has 1 aromatic carbocycles. The first-order chi connectivity index (χ1) is 12.1. The Kier molecular flexibility index (Phi) is 6.15. The highest BCUT2D eigenvalue weighted by atomic mass is 16.5. The Balaban J connectivity index is 1.64. The molecule has 2 aliphatic rings. The van der Waals surface area contributed by atoms with Crippen LogP contribution in [-0.4, -0.2) is 52.5 Å². The summed E-state index contributed by atoms with van der Waals surface area (Å²) < 4.78 is 5.69. The van der Waals surface area contributed by atoms with Crippen LogP contribution in [0.4, 0.5) is 4.79 Å². The van der Waals surface area contributed by atoms with Crippen LogP contribution >= 0.6 is 0 Å². The number of carbonyl (C=O) groups excluding carboxylic acids is 1. The Morgan fingerprint density at radius 3 is 2.64 bits per heavy atom. The zero-order valence-electron chi connectivity index (χ0n) is 14.6. The lowest BCUT2D eigenvalue weighted by Gasteiger charge is -2.31. The summed E-state index contributed by atoms with van der Waals surface area (Å²) in [6.07, 6.45) is 4.88. The van der Waals surface area contributed by atoms with E-state index in [-0.39, 0.29) is 30.0 Å². The number of amides is 2. The van der Waals surface area contributed by atoms with E-state index in [0.29, 0.717) is 13.1 Å². The van der Waals surface area contributed by atoms with Crippen molar-refractivity contribution < 1.29 is 19.7 Å². The molecule has 0 radical (unpaired) electrons. The predicted octanol–water partition coefficient (Wildman–Crippen LogP) is 2.39. The normalized spacial score (nSPS) is 26.4. The molecule has 1 aliphatic carbocycles. The summed E-state index contributed by atoms with van der Waals surface area (Å²) in [6.45, 7) is 1.63. The Labute approximate surface area is 148 Å². The second-order valence-corrected chi connectivity index (χ2v) is 7.10. The van der Waals surface area contributed by atoms with Crippen molar-refractivity contribution in [2.75, 3.05) is 13.2 Å². The minimum Gasteiger partial charge on any atom is -0.508 e. The van der Waals surface area contributed by atoms with Crippen LogP contribution in [0, 0.1) is 0 Å². The minimum absolute atomic E-state index is 0.0600. The summed E-state index contributed by atoms with van der Waals surface area (Å²) in [5.41, 5.74) is 0.731. The number of para-hydroxylation sites is 1. The number of hydrogen-bond acceptors (Lipinski definition) is 4. The van der Waals surface area contributed by atoms with Gasteiger partial charge in [0.15, 0.2) is 0 Å². The topological polar surface area (TPSA) is 82.0 Å². The summed E-state index contributed by atoms with van der Waals surface area (Å²) in [6, 6.07) is 7.09. The van der Waals surface area contributed by atoms with Crippen LogP contribution in [0.25, 0.3) is 0 Å². The van der Waals surface area contributed by atoms with Crippen molar-refractivity contribution in [2.24, 2.45) is 0 Å². The number of phenols is 1. The maximum atomic E-state index is 12.8. The SMILES string of the molecule is O=C(NC1CCC(O)CC1)N(Cc1ccccc1O)C[C@H]1CCCO1. The van der Waals surface area contributed by atoms with Gasteiger partial charge in [-0.05, 0) is 44.6 Å². The Morgan fingerprint density at radius 1 is 1.20 bits per heavy atom. The number of nitrogens with one attached hydrogen (secondary N) is 1. The summed E-state index contributed by atoms with van der Waals surface area (Å²) in [4.78, 5) is 14.5. The Hall–Kier alpha value is -1.79. The molecule has 0 unspecified atom stereocenters. The summed E-state index contributed by atoms with van der Waals surface area (Å²) >= 11 is 0. The lowest BCUT2D eigenvalue weighted by atomic mass is 9.93. The molecule has 1 aliphatic heterocycles. The highest BCUT2D eigenvalue weighted by Gasteiger charge is 2.26. The van der Waals surface area contributed by atoms with E-state index in [1.54, 1.807) is 17.0 Å². The number of aromatic hydroxyl groups is 1. The molecule has 2 amide bonds. The second kappa shape index (κ2) is 8.54. The summed E-state index contributed by atoms with van der Waals surface area (Å²) in [7, 11) is 0. The molecule has 0 spiro atoms. The number of aliphatic hydroxyl groups is 1. The fourth-order valence-corrected chi connectivity index (χ4v) is 3.59. The third-order valence-corrected chi connectivity index (χ3v) is 5.11. The third-order valence-electron chi connectivity index (χ3n) is 5.11. The molecule has 1 atom stereocenters. The summed E-state index contributed by atoms with van der Waals surface area (Å²) in [5.74, 6) is 0.202. The quantitative estimate of drug-likeness (QED) is 0.763. The van der Waals surface area contributed by atoms with Crippen LogP contribution in [0.1, 0.15) is 44.1 Å². The number of rotatable bonds is 5. The van der Waals surface area contributed by atoms with Gasteiger partial charge in [0.05, 0.1) is 18.8 Å². The van der Waals surface area contributed by atoms with Gasteiger partial charge < -0.3 is 25.2 Å². The van der Waals surface area contributed by atoms with E-state index >= 15 is 0 Å². The molecule has 6 heteroatoms. The van der Waals surface area contributed by atoms with Gasteiger partial charge in [-0.1, -0.05) is 18.2 Å². The largest absolute Gasteiger partial charge is 0.508 e. The van der Waals surface area contributed by atoms with E-state index in [1.165, 1.54) is 0 Å². The van der Waals surface area contributed by atoms with Crippen molar-refractivity contribution in [1.29, 1.82) is 0 Å².